The number of aromatic nitrogens is 4. The maximum Gasteiger partial charge on any atom is 0.279 e. The molecular formula is C28H19FN6O3. The second-order valence-corrected chi connectivity index (χ2v) is 8.73. The molecule has 1 unspecified atom stereocenters. The molecule has 1 aliphatic heterocycles. The van der Waals surface area contributed by atoms with Crippen LogP contribution in [-0.4, -0.2) is 19.1 Å². The summed E-state index contributed by atoms with van der Waals surface area (Å²) in [4.78, 5) is 27.2. The molecule has 0 aliphatic carbocycles. The first-order valence-corrected chi connectivity index (χ1v) is 11.7. The number of nitrogens with zero attached hydrogens (tertiary/aromatic N) is 5. The number of aryl methyl sites for hydroxylation is 1. The fourth-order valence-electron chi connectivity index (χ4n) is 4.79. The predicted octanol–water partition coefficient (Wildman–Crippen LogP) is 3.84. The van der Waals surface area contributed by atoms with Crippen molar-refractivity contribution >= 4 is 16.6 Å². The van der Waals surface area contributed by atoms with Crippen LogP contribution in [0.15, 0.2) is 94.0 Å². The van der Waals surface area contributed by atoms with Crippen molar-refractivity contribution in [2.24, 2.45) is 5.73 Å². The van der Waals surface area contributed by atoms with Gasteiger partial charge >= 0.3 is 0 Å². The zero-order valence-electron chi connectivity index (χ0n) is 20.0. The zero-order valence-corrected chi connectivity index (χ0v) is 20.0. The zero-order chi connectivity index (χ0) is 26.6. The van der Waals surface area contributed by atoms with E-state index in [1.165, 1.54) is 33.6 Å². The Morgan fingerprint density at radius 2 is 1.58 bits per heavy atom. The third-order valence-corrected chi connectivity index (χ3v) is 6.51. The quantitative estimate of drug-likeness (QED) is 0.395. The lowest BCUT2D eigenvalue weighted by atomic mass is 10.0. The van der Waals surface area contributed by atoms with E-state index in [0.29, 0.717) is 22.7 Å². The van der Waals surface area contributed by atoms with Crippen LogP contribution in [0, 0.1) is 24.1 Å². The van der Waals surface area contributed by atoms with Crippen molar-refractivity contribution in [3.8, 4) is 23.4 Å². The Kier molecular flexibility index (Phi) is 5.20. The van der Waals surface area contributed by atoms with Gasteiger partial charge in [0.05, 0.1) is 27.7 Å². The summed E-state index contributed by atoms with van der Waals surface area (Å²) in [5, 5.41) is 15.2. The van der Waals surface area contributed by atoms with Gasteiger partial charge in [-0.2, -0.15) is 15.0 Å². The highest BCUT2D eigenvalue weighted by Gasteiger charge is 2.39. The first-order chi connectivity index (χ1) is 18.4. The topological polar surface area (TPSA) is 121 Å². The second kappa shape index (κ2) is 8.60. The molecule has 10 heteroatoms. The van der Waals surface area contributed by atoms with Crippen molar-refractivity contribution < 1.29 is 9.13 Å². The van der Waals surface area contributed by atoms with Crippen LogP contribution >= 0.6 is 0 Å². The third kappa shape index (κ3) is 3.33. The summed E-state index contributed by atoms with van der Waals surface area (Å²) in [5.74, 6) is -0.0893. The van der Waals surface area contributed by atoms with Crippen molar-refractivity contribution in [2.75, 3.05) is 0 Å². The Hall–Kier alpha value is -5.43. The molecule has 0 saturated carbocycles. The summed E-state index contributed by atoms with van der Waals surface area (Å²) in [6.07, 6.45) is 0. The molecule has 1 atom stereocenters. The van der Waals surface area contributed by atoms with Crippen LogP contribution in [0.5, 0.6) is 11.6 Å². The molecule has 1 aliphatic rings. The molecule has 3 aromatic carbocycles. The van der Waals surface area contributed by atoms with Crippen LogP contribution in [0.1, 0.15) is 17.3 Å². The number of ether oxygens (including phenoxy) is 1. The standard InChI is InChI=1S/C28H19FN6O3/c1-16-23(28(38-19-13-11-17(29)12-14-19)33(32-16)18-7-3-2-4-8-18)24-22(15-30)25(31)35-27(37)21-10-6-5-9-20(21)26(36)34(24)35/h2-14,24H,31H2,1H3. The summed E-state index contributed by atoms with van der Waals surface area (Å²) < 4.78 is 23.6. The number of rotatable bonds is 4. The van der Waals surface area contributed by atoms with Gasteiger partial charge < -0.3 is 10.5 Å². The fraction of sp³-hybridized carbons (Fsp3) is 0.0714. The Morgan fingerprint density at radius 3 is 2.24 bits per heavy atom. The average Bonchev–Trinajstić information content (AvgIpc) is 3.41. The average molecular weight is 506 g/mol. The van der Waals surface area contributed by atoms with E-state index >= 15 is 0 Å². The van der Waals surface area contributed by atoms with E-state index in [1.54, 1.807) is 31.2 Å². The van der Waals surface area contributed by atoms with Gasteiger partial charge in [0, 0.05) is 0 Å². The number of allylic oxidation sites excluding steroid dienone is 1. The van der Waals surface area contributed by atoms with Crippen LogP contribution < -0.4 is 21.6 Å². The number of benzene rings is 3. The van der Waals surface area contributed by atoms with E-state index in [-0.39, 0.29) is 28.0 Å². The van der Waals surface area contributed by atoms with Gasteiger partial charge in [0.25, 0.3) is 11.1 Å². The van der Waals surface area contributed by atoms with Gasteiger partial charge in [-0.25, -0.2) is 13.8 Å². The molecule has 0 bridgehead atoms. The SMILES string of the molecule is Cc1nn(-c2ccccc2)c(Oc2ccc(F)cc2)c1C1C(C#N)=C(N)n2c(=O)c3ccccc3c(=O)n21. The summed E-state index contributed by atoms with van der Waals surface area (Å²) in [5.41, 5.74) is 6.75. The summed E-state index contributed by atoms with van der Waals surface area (Å²) >= 11 is 0. The van der Waals surface area contributed by atoms with Crippen LogP contribution in [0.25, 0.3) is 22.3 Å². The molecular weight excluding hydrogens is 487 g/mol. The van der Waals surface area contributed by atoms with E-state index in [4.69, 9.17) is 10.5 Å². The number of halogens is 1. The highest BCUT2D eigenvalue weighted by atomic mass is 19.1. The maximum absolute atomic E-state index is 13.8. The van der Waals surface area contributed by atoms with Gasteiger partial charge in [0.1, 0.15) is 35.1 Å². The smallest absolute Gasteiger partial charge is 0.279 e. The van der Waals surface area contributed by atoms with E-state index in [1.807, 2.05) is 30.3 Å². The van der Waals surface area contributed by atoms with Gasteiger partial charge in [-0.3, -0.25) is 9.59 Å². The van der Waals surface area contributed by atoms with Gasteiger partial charge in [-0.05, 0) is 55.5 Å². The first kappa shape index (κ1) is 23.0. The van der Waals surface area contributed by atoms with Gasteiger partial charge in [-0.15, -0.1) is 0 Å². The number of nitriles is 1. The van der Waals surface area contributed by atoms with Crippen molar-refractivity contribution in [2.45, 2.75) is 13.0 Å². The van der Waals surface area contributed by atoms with Crippen LogP contribution in [0.4, 0.5) is 4.39 Å². The van der Waals surface area contributed by atoms with E-state index in [2.05, 4.69) is 11.2 Å². The Labute approximate surface area is 214 Å². The molecule has 0 spiro atoms. The normalized spacial score (nSPS) is 14.5. The first-order valence-electron chi connectivity index (χ1n) is 11.7. The van der Waals surface area contributed by atoms with Crippen LogP contribution in [-0.2, 0) is 0 Å². The monoisotopic (exact) mass is 506 g/mol. The second-order valence-electron chi connectivity index (χ2n) is 8.73. The molecule has 186 valence electrons. The maximum atomic E-state index is 13.8. The lowest BCUT2D eigenvalue weighted by molar-refractivity contribution is 0.428. The lowest BCUT2D eigenvalue weighted by Crippen LogP contribution is -2.38. The number of para-hydroxylation sites is 1. The molecule has 2 aromatic heterocycles. The number of hydrogen-bond acceptors (Lipinski definition) is 6. The number of nitrogens with two attached hydrogens (primary N) is 1. The fourth-order valence-corrected chi connectivity index (χ4v) is 4.79. The largest absolute Gasteiger partial charge is 0.439 e. The molecule has 0 saturated heterocycles. The van der Waals surface area contributed by atoms with Gasteiger partial charge in [0.2, 0.25) is 5.88 Å². The summed E-state index contributed by atoms with van der Waals surface area (Å²) in [7, 11) is 0. The number of fused-ring (bicyclic) bond motifs is 2. The van der Waals surface area contributed by atoms with Gasteiger partial charge in [-0.1, -0.05) is 30.3 Å². The minimum absolute atomic E-state index is 0.000765. The lowest BCUT2D eigenvalue weighted by Gasteiger charge is -2.18. The highest BCUT2D eigenvalue weighted by Crippen LogP contribution is 2.41. The number of hydrogen-bond donors (Lipinski definition) is 1. The molecule has 2 N–H and O–H groups in total. The summed E-state index contributed by atoms with van der Waals surface area (Å²) in [6, 6.07) is 22.0. The van der Waals surface area contributed by atoms with Crippen molar-refractivity contribution in [3.63, 3.8) is 0 Å². The molecule has 0 radical (unpaired) electrons. The Balaban J connectivity index is 1.68. The minimum Gasteiger partial charge on any atom is -0.439 e. The minimum atomic E-state index is -1.10. The van der Waals surface area contributed by atoms with Crippen molar-refractivity contribution in [1.29, 1.82) is 5.26 Å². The van der Waals surface area contributed by atoms with E-state index < -0.39 is 23.0 Å². The molecule has 0 fully saturated rings. The Morgan fingerprint density at radius 1 is 0.947 bits per heavy atom. The van der Waals surface area contributed by atoms with Crippen LogP contribution in [0.3, 0.4) is 0 Å². The molecule has 6 rings (SSSR count). The summed E-state index contributed by atoms with van der Waals surface area (Å²) in [6.45, 7) is 1.71. The van der Waals surface area contributed by atoms with E-state index in [0.717, 1.165) is 4.68 Å². The van der Waals surface area contributed by atoms with Crippen molar-refractivity contribution in [1.82, 2.24) is 19.1 Å². The molecule has 5 aromatic rings. The van der Waals surface area contributed by atoms with Gasteiger partial charge in [0.15, 0.2) is 0 Å². The predicted molar refractivity (Wildman–Crippen MR) is 138 cm³/mol. The van der Waals surface area contributed by atoms with E-state index in [9.17, 15) is 19.2 Å². The molecule has 38 heavy (non-hydrogen) atoms. The Bertz CT molecular complexity index is 1930. The molecule has 0 amide bonds. The third-order valence-electron chi connectivity index (χ3n) is 6.51. The van der Waals surface area contributed by atoms with Crippen molar-refractivity contribution in [3.05, 3.63) is 122 Å². The van der Waals surface area contributed by atoms with Crippen LogP contribution in [0.2, 0.25) is 0 Å². The molecule has 3 heterocycles. The molecule has 9 nitrogen and oxygen atoms in total. The highest BCUT2D eigenvalue weighted by molar-refractivity contribution is 5.82.